The van der Waals surface area contributed by atoms with E-state index in [1.54, 1.807) is 34.6 Å². The maximum absolute atomic E-state index is 12.7. The molecule has 1 N–H and O–H groups in total. The Balaban J connectivity index is 0.000000321. The van der Waals surface area contributed by atoms with E-state index in [9.17, 15) is 19.5 Å². The van der Waals surface area contributed by atoms with Gasteiger partial charge in [0, 0.05) is 0 Å². The van der Waals surface area contributed by atoms with E-state index in [0.29, 0.717) is 0 Å². The number of ether oxygens (including phenoxy) is 5. The Bertz CT molecular complexity index is 1330. The van der Waals surface area contributed by atoms with E-state index in [4.69, 9.17) is 23.7 Å². The SMILES string of the molecule is C.CC(C)(C)OC(=O)N1[C@H](CO)[C@@H](c2ccccc2)OC1(C)C.COC(=O)[C@@H]1[C@@H](c2ccccc2)OC(C)(C)N1C(=O)OC(C)(C)C. The molecule has 0 unspecified atom stereocenters. The molecular weight excluding hydrogens is 604 g/mol. The van der Waals surface area contributed by atoms with Crippen LogP contribution in [0.4, 0.5) is 9.59 Å². The molecule has 2 aliphatic rings. The second-order valence-electron chi connectivity index (χ2n) is 14.2. The molecule has 2 saturated heterocycles. The zero-order chi connectivity index (χ0) is 34.7. The summed E-state index contributed by atoms with van der Waals surface area (Å²) in [5.74, 6) is -0.541. The Morgan fingerprint density at radius 2 is 1.11 bits per heavy atom. The van der Waals surface area contributed by atoms with E-state index in [1.165, 1.54) is 16.9 Å². The molecule has 0 aliphatic carbocycles. The van der Waals surface area contributed by atoms with Gasteiger partial charge in [0.05, 0.1) is 19.8 Å². The van der Waals surface area contributed by atoms with Gasteiger partial charge in [0.2, 0.25) is 0 Å². The van der Waals surface area contributed by atoms with Gasteiger partial charge in [-0.15, -0.1) is 0 Å². The van der Waals surface area contributed by atoms with Gasteiger partial charge in [-0.25, -0.2) is 14.4 Å². The van der Waals surface area contributed by atoms with Crippen LogP contribution in [0.3, 0.4) is 0 Å². The highest BCUT2D eigenvalue weighted by Gasteiger charge is 2.55. The van der Waals surface area contributed by atoms with Crippen LogP contribution < -0.4 is 0 Å². The highest BCUT2D eigenvalue weighted by atomic mass is 16.6. The first-order chi connectivity index (χ1) is 21.2. The fraction of sp³-hybridized carbons (Fsp3) is 0.583. The maximum Gasteiger partial charge on any atom is 0.413 e. The van der Waals surface area contributed by atoms with Crippen molar-refractivity contribution in [3.8, 4) is 0 Å². The molecule has 0 radical (unpaired) electrons. The molecule has 47 heavy (non-hydrogen) atoms. The summed E-state index contributed by atoms with van der Waals surface area (Å²) >= 11 is 0. The third kappa shape index (κ3) is 9.68. The summed E-state index contributed by atoms with van der Waals surface area (Å²) in [7, 11) is 1.29. The molecule has 4 atom stereocenters. The van der Waals surface area contributed by atoms with Crippen molar-refractivity contribution >= 4 is 18.2 Å². The first-order valence-corrected chi connectivity index (χ1v) is 15.4. The molecule has 2 amide bonds. The Labute approximate surface area is 280 Å². The van der Waals surface area contributed by atoms with Crippen molar-refractivity contribution in [2.45, 2.75) is 124 Å². The van der Waals surface area contributed by atoms with Gasteiger partial charge < -0.3 is 28.8 Å². The highest BCUT2D eigenvalue weighted by Crippen LogP contribution is 2.43. The summed E-state index contributed by atoms with van der Waals surface area (Å²) in [6, 6.07) is 17.5. The number of hydrogen-bond donors (Lipinski definition) is 1. The molecule has 2 fully saturated rings. The number of aliphatic hydroxyl groups excluding tert-OH is 1. The van der Waals surface area contributed by atoms with Crippen LogP contribution in [0.2, 0.25) is 0 Å². The smallest absolute Gasteiger partial charge is 0.413 e. The van der Waals surface area contributed by atoms with Gasteiger partial charge in [-0.1, -0.05) is 68.1 Å². The Hall–Kier alpha value is -3.67. The van der Waals surface area contributed by atoms with Crippen molar-refractivity contribution in [2.24, 2.45) is 0 Å². The van der Waals surface area contributed by atoms with Gasteiger partial charge in [-0.2, -0.15) is 0 Å². The monoisotopic (exact) mass is 658 g/mol. The van der Waals surface area contributed by atoms with Gasteiger partial charge in [-0.05, 0) is 80.4 Å². The third-order valence-corrected chi connectivity index (χ3v) is 7.30. The van der Waals surface area contributed by atoms with Gasteiger partial charge in [-0.3, -0.25) is 9.80 Å². The van der Waals surface area contributed by atoms with Gasteiger partial charge in [0.1, 0.15) is 34.9 Å². The molecule has 0 bridgehead atoms. The average Bonchev–Trinajstić information content (AvgIpc) is 3.40. The maximum atomic E-state index is 12.7. The minimum Gasteiger partial charge on any atom is -0.467 e. The number of amides is 2. The van der Waals surface area contributed by atoms with E-state index in [0.717, 1.165) is 11.1 Å². The van der Waals surface area contributed by atoms with Crippen LogP contribution in [-0.4, -0.2) is 81.5 Å². The molecule has 2 aromatic carbocycles. The number of rotatable bonds is 4. The molecule has 11 heteroatoms. The van der Waals surface area contributed by atoms with E-state index in [1.807, 2.05) is 95.3 Å². The Morgan fingerprint density at radius 1 is 0.723 bits per heavy atom. The van der Waals surface area contributed by atoms with E-state index in [-0.39, 0.29) is 20.1 Å². The van der Waals surface area contributed by atoms with Crippen molar-refractivity contribution < 1.29 is 43.2 Å². The topological polar surface area (TPSA) is 124 Å². The van der Waals surface area contributed by atoms with Gasteiger partial charge in [0.25, 0.3) is 0 Å². The number of carbonyl (C=O) groups is 3. The van der Waals surface area contributed by atoms with Crippen molar-refractivity contribution in [2.75, 3.05) is 13.7 Å². The molecule has 262 valence electrons. The number of methoxy groups -OCH3 is 1. The molecule has 0 aromatic heterocycles. The zero-order valence-electron chi connectivity index (χ0n) is 28.9. The lowest BCUT2D eigenvalue weighted by Gasteiger charge is -2.34. The number of carbonyl (C=O) groups excluding carboxylic acids is 3. The summed E-state index contributed by atoms with van der Waals surface area (Å²) in [5, 5.41) is 9.82. The number of hydrogen-bond acceptors (Lipinski definition) is 9. The molecular formula is C36H54N2O9. The number of nitrogens with zero attached hydrogens (tertiary/aromatic N) is 2. The minimum atomic E-state index is -1.01. The van der Waals surface area contributed by atoms with E-state index < -0.39 is 59.0 Å². The lowest BCUT2D eigenvalue weighted by Crippen LogP contribution is -2.52. The minimum absolute atomic E-state index is 0. The van der Waals surface area contributed by atoms with E-state index >= 15 is 0 Å². The van der Waals surface area contributed by atoms with Crippen LogP contribution in [0.1, 0.15) is 100.0 Å². The third-order valence-electron chi connectivity index (χ3n) is 7.30. The van der Waals surface area contributed by atoms with Crippen molar-refractivity contribution in [1.29, 1.82) is 0 Å². The molecule has 11 nitrogen and oxygen atoms in total. The van der Waals surface area contributed by atoms with Gasteiger partial charge in [0.15, 0.2) is 6.04 Å². The summed E-state index contributed by atoms with van der Waals surface area (Å²) in [6.07, 6.45) is -2.09. The predicted molar refractivity (Wildman–Crippen MR) is 178 cm³/mol. The Kier molecular flexibility index (Phi) is 12.6. The van der Waals surface area contributed by atoms with Crippen LogP contribution in [0.15, 0.2) is 60.7 Å². The van der Waals surface area contributed by atoms with Crippen molar-refractivity contribution in [1.82, 2.24) is 9.80 Å². The molecule has 2 aromatic rings. The first kappa shape index (κ1) is 39.5. The summed E-state index contributed by atoms with van der Waals surface area (Å²) in [5.41, 5.74) is -1.41. The zero-order valence-corrected chi connectivity index (χ0v) is 28.9. The van der Waals surface area contributed by atoms with Crippen molar-refractivity contribution in [3.05, 3.63) is 71.8 Å². The predicted octanol–water partition coefficient (Wildman–Crippen LogP) is 7.00. The van der Waals surface area contributed by atoms with Crippen LogP contribution in [-0.2, 0) is 28.5 Å². The van der Waals surface area contributed by atoms with Crippen LogP contribution >= 0.6 is 0 Å². The summed E-state index contributed by atoms with van der Waals surface area (Å²) in [6.45, 7) is 17.7. The van der Waals surface area contributed by atoms with Crippen LogP contribution in [0.5, 0.6) is 0 Å². The fourth-order valence-corrected chi connectivity index (χ4v) is 5.55. The Morgan fingerprint density at radius 3 is 1.51 bits per heavy atom. The molecule has 0 saturated carbocycles. The molecule has 4 rings (SSSR count). The molecule has 0 spiro atoms. The lowest BCUT2D eigenvalue weighted by atomic mass is 10.0. The summed E-state index contributed by atoms with van der Waals surface area (Å²) < 4.78 is 28.0. The van der Waals surface area contributed by atoms with Crippen LogP contribution in [0.25, 0.3) is 0 Å². The fourth-order valence-electron chi connectivity index (χ4n) is 5.55. The quantitative estimate of drug-likeness (QED) is 0.273. The first-order valence-electron chi connectivity index (χ1n) is 15.4. The number of aliphatic hydroxyl groups is 1. The standard InChI is InChI=1S/C18H25NO5.C17H25NO4.CH4/c1-17(2,3)24-16(21)19-13(15(20)22-6)14(23-18(19,4)5)12-10-8-7-9-11-12;1-16(2,3)22-15(20)18-13(11-19)14(21-17(18,4)5)12-9-7-6-8-10-12;/h7-11,13-14H,1-6H3;6-10,13-14,19H,11H2,1-5H3;1H4/t13-,14+;13-,14-;/m01./s1. The number of benzene rings is 2. The average molecular weight is 659 g/mol. The molecule has 2 heterocycles. The second kappa shape index (κ2) is 15.0. The second-order valence-corrected chi connectivity index (χ2v) is 14.2. The highest BCUT2D eigenvalue weighted by molar-refractivity contribution is 5.83. The lowest BCUT2D eigenvalue weighted by molar-refractivity contribution is -0.147. The van der Waals surface area contributed by atoms with Crippen molar-refractivity contribution in [3.63, 3.8) is 0 Å². The van der Waals surface area contributed by atoms with Gasteiger partial charge >= 0.3 is 18.2 Å². The normalized spacial score (nSPS) is 23.1. The van der Waals surface area contributed by atoms with Crippen LogP contribution in [0, 0.1) is 0 Å². The largest absolute Gasteiger partial charge is 0.467 e. The van der Waals surface area contributed by atoms with E-state index in [2.05, 4.69) is 0 Å². The number of esters is 1. The summed E-state index contributed by atoms with van der Waals surface area (Å²) in [4.78, 5) is 40.5. The molecule has 2 aliphatic heterocycles.